The van der Waals surface area contributed by atoms with E-state index in [1.165, 1.54) is 6.07 Å². The van der Waals surface area contributed by atoms with Gasteiger partial charge in [-0.1, -0.05) is 13.8 Å². The molecule has 1 N–H and O–H groups in total. The normalized spacial score (nSPS) is 14.0. The SMILES string of the molecule is CC(C)C(=O)N1CCc2nc(-c3ccc(F)c(F)c3)[nH]c(=O)c2C1. The molecule has 1 aliphatic heterocycles. The lowest BCUT2D eigenvalue weighted by molar-refractivity contribution is -0.135. The van der Waals surface area contributed by atoms with E-state index in [-0.39, 0.29) is 29.8 Å². The van der Waals surface area contributed by atoms with Gasteiger partial charge in [0, 0.05) is 24.4 Å². The van der Waals surface area contributed by atoms with Crippen molar-refractivity contribution >= 4 is 5.91 Å². The number of nitrogens with zero attached hydrogens (tertiary/aromatic N) is 2. The Labute approximate surface area is 137 Å². The Balaban J connectivity index is 1.96. The van der Waals surface area contributed by atoms with Gasteiger partial charge in [-0.05, 0) is 18.2 Å². The molecule has 2 aromatic rings. The molecule has 0 saturated heterocycles. The van der Waals surface area contributed by atoms with E-state index in [0.717, 1.165) is 12.1 Å². The van der Waals surface area contributed by atoms with E-state index in [2.05, 4.69) is 9.97 Å². The van der Waals surface area contributed by atoms with Crippen molar-refractivity contribution in [3.8, 4) is 11.4 Å². The second kappa shape index (κ2) is 6.14. The molecule has 1 aromatic carbocycles. The Kier molecular flexibility index (Phi) is 4.17. The molecule has 0 saturated carbocycles. The van der Waals surface area contributed by atoms with Crippen molar-refractivity contribution in [1.29, 1.82) is 0 Å². The van der Waals surface area contributed by atoms with Crippen molar-refractivity contribution in [1.82, 2.24) is 14.9 Å². The fourth-order valence-corrected chi connectivity index (χ4v) is 2.76. The first-order chi connectivity index (χ1) is 11.4. The Bertz CT molecular complexity index is 861. The van der Waals surface area contributed by atoms with Gasteiger partial charge >= 0.3 is 0 Å². The summed E-state index contributed by atoms with van der Waals surface area (Å²) >= 11 is 0. The molecule has 2 heterocycles. The number of benzene rings is 1. The van der Waals surface area contributed by atoms with Crippen molar-refractivity contribution in [3.63, 3.8) is 0 Å². The smallest absolute Gasteiger partial charge is 0.256 e. The summed E-state index contributed by atoms with van der Waals surface area (Å²) in [5.74, 6) is -1.91. The first-order valence-corrected chi connectivity index (χ1v) is 7.73. The average Bonchev–Trinajstić information content (AvgIpc) is 2.56. The number of fused-ring (bicyclic) bond motifs is 1. The van der Waals surface area contributed by atoms with Gasteiger partial charge in [-0.25, -0.2) is 13.8 Å². The molecule has 1 aromatic heterocycles. The zero-order chi connectivity index (χ0) is 17.4. The van der Waals surface area contributed by atoms with E-state index in [0.29, 0.717) is 29.8 Å². The van der Waals surface area contributed by atoms with Crippen LogP contribution in [-0.2, 0) is 17.8 Å². The largest absolute Gasteiger partial charge is 0.337 e. The summed E-state index contributed by atoms with van der Waals surface area (Å²) in [6.07, 6.45) is 0.453. The maximum Gasteiger partial charge on any atom is 0.256 e. The van der Waals surface area contributed by atoms with Crippen molar-refractivity contribution in [2.75, 3.05) is 6.54 Å². The summed E-state index contributed by atoms with van der Waals surface area (Å²) in [6.45, 7) is 4.32. The number of carbonyl (C=O) groups excluding carboxylic acids is 1. The van der Waals surface area contributed by atoms with Crippen LogP contribution < -0.4 is 5.56 Å². The van der Waals surface area contributed by atoms with Crippen molar-refractivity contribution < 1.29 is 13.6 Å². The average molecular weight is 333 g/mol. The number of amides is 1. The lowest BCUT2D eigenvalue weighted by atomic mass is 10.0. The summed E-state index contributed by atoms with van der Waals surface area (Å²) < 4.78 is 26.4. The fourth-order valence-electron chi connectivity index (χ4n) is 2.76. The van der Waals surface area contributed by atoms with Gasteiger partial charge in [-0.2, -0.15) is 0 Å². The van der Waals surface area contributed by atoms with E-state index in [9.17, 15) is 18.4 Å². The molecule has 0 unspecified atom stereocenters. The second-order valence-corrected chi connectivity index (χ2v) is 6.13. The minimum atomic E-state index is -0.999. The highest BCUT2D eigenvalue weighted by Crippen LogP contribution is 2.21. The standard InChI is InChI=1S/C17H17F2N3O2/c1-9(2)17(24)22-6-5-14-11(8-22)16(23)21-15(20-14)10-3-4-12(18)13(19)7-10/h3-4,7,9H,5-6,8H2,1-2H3,(H,20,21,23). The predicted octanol–water partition coefficient (Wildman–Crippen LogP) is 2.26. The third-order valence-corrected chi connectivity index (χ3v) is 4.07. The molecule has 5 nitrogen and oxygen atoms in total. The highest BCUT2D eigenvalue weighted by atomic mass is 19.2. The van der Waals surface area contributed by atoms with Crippen LogP contribution in [0.4, 0.5) is 8.78 Å². The van der Waals surface area contributed by atoms with Crippen LogP contribution in [-0.4, -0.2) is 27.3 Å². The van der Waals surface area contributed by atoms with E-state index in [1.807, 2.05) is 13.8 Å². The Morgan fingerprint density at radius 2 is 2.04 bits per heavy atom. The molecule has 0 radical (unpaired) electrons. The highest BCUT2D eigenvalue weighted by molar-refractivity contribution is 5.78. The van der Waals surface area contributed by atoms with Gasteiger partial charge in [0.25, 0.3) is 5.56 Å². The van der Waals surface area contributed by atoms with Crippen LogP contribution in [0, 0.1) is 17.6 Å². The first kappa shape index (κ1) is 16.3. The summed E-state index contributed by atoms with van der Waals surface area (Å²) in [6, 6.07) is 3.35. The number of halogens is 2. The van der Waals surface area contributed by atoms with E-state index in [4.69, 9.17) is 0 Å². The van der Waals surface area contributed by atoms with Gasteiger partial charge in [-0.3, -0.25) is 9.59 Å². The van der Waals surface area contributed by atoms with Gasteiger partial charge in [0.05, 0.1) is 17.8 Å². The zero-order valence-electron chi connectivity index (χ0n) is 13.4. The number of H-pyrrole nitrogens is 1. The third-order valence-electron chi connectivity index (χ3n) is 4.07. The van der Waals surface area contributed by atoms with Crippen LogP contribution in [0.5, 0.6) is 0 Å². The first-order valence-electron chi connectivity index (χ1n) is 7.73. The number of rotatable bonds is 2. The van der Waals surface area contributed by atoms with Crippen molar-refractivity contribution in [2.24, 2.45) is 5.92 Å². The van der Waals surface area contributed by atoms with Crippen LogP contribution >= 0.6 is 0 Å². The number of aromatic nitrogens is 2. The van der Waals surface area contributed by atoms with Crippen LogP contribution in [0.15, 0.2) is 23.0 Å². The van der Waals surface area contributed by atoms with Crippen LogP contribution in [0.2, 0.25) is 0 Å². The molecule has 1 amide bonds. The molecule has 0 atom stereocenters. The Morgan fingerprint density at radius 1 is 1.29 bits per heavy atom. The number of aromatic amines is 1. The maximum absolute atomic E-state index is 13.4. The topological polar surface area (TPSA) is 66.1 Å². The van der Waals surface area contributed by atoms with Gasteiger partial charge < -0.3 is 9.88 Å². The summed E-state index contributed by atoms with van der Waals surface area (Å²) in [5.41, 5.74) is 0.975. The minimum absolute atomic E-state index is 0.00951. The van der Waals surface area contributed by atoms with Crippen LogP contribution in [0.3, 0.4) is 0 Å². The van der Waals surface area contributed by atoms with Gasteiger partial charge in [0.15, 0.2) is 11.6 Å². The minimum Gasteiger partial charge on any atom is -0.337 e. The van der Waals surface area contributed by atoms with Gasteiger partial charge in [-0.15, -0.1) is 0 Å². The molecular weight excluding hydrogens is 316 g/mol. The third kappa shape index (κ3) is 2.93. The number of hydrogen-bond acceptors (Lipinski definition) is 3. The summed E-state index contributed by atoms with van der Waals surface area (Å²) in [7, 11) is 0. The molecule has 0 bridgehead atoms. The Hall–Kier alpha value is -2.57. The highest BCUT2D eigenvalue weighted by Gasteiger charge is 2.26. The number of hydrogen-bond donors (Lipinski definition) is 1. The molecule has 7 heteroatoms. The quantitative estimate of drug-likeness (QED) is 0.917. The van der Waals surface area contributed by atoms with Gasteiger partial charge in [0.2, 0.25) is 5.91 Å². The van der Waals surface area contributed by atoms with E-state index < -0.39 is 11.6 Å². The van der Waals surface area contributed by atoms with Gasteiger partial charge in [0.1, 0.15) is 5.82 Å². The Morgan fingerprint density at radius 3 is 2.71 bits per heavy atom. The lowest BCUT2D eigenvalue weighted by Crippen LogP contribution is -2.41. The molecule has 3 rings (SSSR count). The van der Waals surface area contributed by atoms with Crippen LogP contribution in [0.1, 0.15) is 25.1 Å². The molecule has 0 fully saturated rings. The molecule has 0 spiro atoms. The zero-order valence-corrected chi connectivity index (χ0v) is 13.4. The van der Waals surface area contributed by atoms with Crippen LogP contribution in [0.25, 0.3) is 11.4 Å². The lowest BCUT2D eigenvalue weighted by Gasteiger charge is -2.29. The fraction of sp³-hybridized carbons (Fsp3) is 0.353. The molecular formula is C17H17F2N3O2. The van der Waals surface area contributed by atoms with Crippen molar-refractivity contribution in [2.45, 2.75) is 26.8 Å². The number of nitrogens with one attached hydrogen (secondary N) is 1. The summed E-state index contributed by atoms with van der Waals surface area (Å²) in [5, 5.41) is 0. The predicted molar refractivity (Wildman–Crippen MR) is 84.2 cm³/mol. The molecule has 24 heavy (non-hydrogen) atoms. The molecule has 0 aliphatic carbocycles. The molecule has 126 valence electrons. The number of carbonyl (C=O) groups is 1. The maximum atomic E-state index is 13.4. The monoisotopic (exact) mass is 333 g/mol. The summed E-state index contributed by atoms with van der Waals surface area (Å²) in [4.78, 5) is 33.0. The second-order valence-electron chi connectivity index (χ2n) is 6.13. The molecule has 1 aliphatic rings. The van der Waals surface area contributed by atoms with Crippen molar-refractivity contribution in [3.05, 3.63) is 51.4 Å². The van der Waals surface area contributed by atoms with E-state index >= 15 is 0 Å². The van der Waals surface area contributed by atoms with E-state index in [1.54, 1.807) is 4.90 Å².